The van der Waals surface area contributed by atoms with E-state index in [9.17, 15) is 8.42 Å². The van der Waals surface area contributed by atoms with Gasteiger partial charge >= 0.3 is 0 Å². The van der Waals surface area contributed by atoms with E-state index in [2.05, 4.69) is 15.9 Å². The third kappa shape index (κ3) is 2.90. The van der Waals surface area contributed by atoms with Crippen molar-refractivity contribution in [3.63, 3.8) is 0 Å². The standard InChI is InChI=1S/C12H14BrNO2S/c1-2-17(15,16)8-7-14-6-5-10-9-11(13)3-4-12(10)14/h3-6,9H,2,7-8H2,1H3. The summed E-state index contributed by atoms with van der Waals surface area (Å²) in [6.07, 6.45) is 1.93. The fraction of sp³-hybridized carbons (Fsp3) is 0.333. The van der Waals surface area contributed by atoms with Crippen molar-refractivity contribution in [2.75, 3.05) is 11.5 Å². The molecule has 0 bridgehead atoms. The van der Waals surface area contributed by atoms with Gasteiger partial charge in [0, 0.05) is 33.9 Å². The van der Waals surface area contributed by atoms with Crippen LogP contribution >= 0.6 is 15.9 Å². The van der Waals surface area contributed by atoms with Crippen molar-refractivity contribution in [3.05, 3.63) is 34.9 Å². The summed E-state index contributed by atoms with van der Waals surface area (Å²) < 4.78 is 25.9. The number of aryl methyl sites for hydroxylation is 1. The first-order chi connectivity index (χ1) is 8.02. The van der Waals surface area contributed by atoms with E-state index in [0.29, 0.717) is 6.54 Å². The molecule has 0 aliphatic rings. The number of hydrogen-bond acceptors (Lipinski definition) is 2. The van der Waals surface area contributed by atoms with Crippen molar-refractivity contribution in [1.29, 1.82) is 0 Å². The summed E-state index contributed by atoms with van der Waals surface area (Å²) in [7, 11) is -2.90. The SMILES string of the molecule is CCS(=O)(=O)CCn1ccc2cc(Br)ccc21. The minimum atomic E-state index is -2.90. The van der Waals surface area contributed by atoms with Crippen LogP contribution in [0.1, 0.15) is 6.92 Å². The third-order valence-corrected chi connectivity index (χ3v) is 4.99. The molecule has 0 N–H and O–H groups in total. The third-order valence-electron chi connectivity index (χ3n) is 2.82. The zero-order chi connectivity index (χ0) is 12.5. The number of rotatable bonds is 4. The molecule has 1 heterocycles. The van der Waals surface area contributed by atoms with E-state index in [4.69, 9.17) is 0 Å². The van der Waals surface area contributed by atoms with Crippen molar-refractivity contribution in [1.82, 2.24) is 4.57 Å². The zero-order valence-electron chi connectivity index (χ0n) is 9.56. The summed E-state index contributed by atoms with van der Waals surface area (Å²) in [6.45, 7) is 2.20. The van der Waals surface area contributed by atoms with Gasteiger partial charge in [-0.05, 0) is 24.3 Å². The molecular weight excluding hydrogens is 302 g/mol. The molecule has 0 saturated heterocycles. The highest BCUT2D eigenvalue weighted by atomic mass is 79.9. The Labute approximate surface area is 109 Å². The van der Waals surface area contributed by atoms with Gasteiger partial charge in [-0.25, -0.2) is 8.42 Å². The van der Waals surface area contributed by atoms with E-state index in [1.807, 2.05) is 35.0 Å². The molecule has 3 nitrogen and oxygen atoms in total. The minimum absolute atomic E-state index is 0.198. The first kappa shape index (κ1) is 12.6. The molecule has 0 saturated carbocycles. The van der Waals surface area contributed by atoms with Gasteiger partial charge in [0.1, 0.15) is 0 Å². The molecule has 5 heteroatoms. The molecular formula is C12H14BrNO2S. The number of sulfone groups is 1. The summed E-state index contributed by atoms with van der Waals surface area (Å²) in [5.41, 5.74) is 1.07. The number of hydrogen-bond donors (Lipinski definition) is 0. The van der Waals surface area contributed by atoms with Crippen LogP contribution in [0.3, 0.4) is 0 Å². The van der Waals surface area contributed by atoms with E-state index in [1.165, 1.54) is 0 Å². The second-order valence-electron chi connectivity index (χ2n) is 3.95. The molecule has 0 unspecified atom stereocenters. The van der Waals surface area contributed by atoms with Crippen molar-refractivity contribution in [2.45, 2.75) is 13.5 Å². The summed E-state index contributed by atoms with van der Waals surface area (Å²) in [5, 5.41) is 1.12. The van der Waals surface area contributed by atoms with Crippen LogP contribution in [-0.2, 0) is 16.4 Å². The normalized spacial score (nSPS) is 12.1. The van der Waals surface area contributed by atoms with Gasteiger partial charge in [0.2, 0.25) is 0 Å². The van der Waals surface area contributed by atoms with Crippen molar-refractivity contribution in [2.24, 2.45) is 0 Å². The topological polar surface area (TPSA) is 39.1 Å². The molecule has 0 amide bonds. The Morgan fingerprint density at radius 3 is 2.76 bits per heavy atom. The van der Waals surface area contributed by atoms with E-state index in [-0.39, 0.29) is 11.5 Å². The maximum atomic E-state index is 11.5. The molecule has 0 atom stereocenters. The molecule has 2 aromatic rings. The van der Waals surface area contributed by atoms with Gasteiger partial charge in [-0.2, -0.15) is 0 Å². The fourth-order valence-corrected chi connectivity index (χ4v) is 2.89. The van der Waals surface area contributed by atoms with Gasteiger partial charge in [0.05, 0.1) is 5.75 Å². The number of nitrogens with zero attached hydrogens (tertiary/aromatic N) is 1. The van der Waals surface area contributed by atoms with Gasteiger partial charge in [-0.3, -0.25) is 0 Å². The minimum Gasteiger partial charge on any atom is -0.346 e. The lowest BCUT2D eigenvalue weighted by molar-refractivity contribution is 0.591. The average Bonchev–Trinajstić information content (AvgIpc) is 2.69. The molecule has 1 aromatic carbocycles. The van der Waals surface area contributed by atoms with E-state index >= 15 is 0 Å². The summed E-state index contributed by atoms with van der Waals surface area (Å²) >= 11 is 3.42. The molecule has 0 aliphatic heterocycles. The second kappa shape index (κ2) is 4.82. The Balaban J connectivity index is 2.26. The fourth-order valence-electron chi connectivity index (χ4n) is 1.75. The molecule has 92 valence electrons. The van der Waals surface area contributed by atoms with Crippen LogP contribution in [0.2, 0.25) is 0 Å². The van der Waals surface area contributed by atoms with Gasteiger partial charge in [0.15, 0.2) is 9.84 Å². The van der Waals surface area contributed by atoms with Gasteiger partial charge < -0.3 is 4.57 Å². The smallest absolute Gasteiger partial charge is 0.151 e. The monoisotopic (exact) mass is 315 g/mol. The van der Waals surface area contributed by atoms with Crippen LogP contribution in [-0.4, -0.2) is 24.5 Å². The Morgan fingerprint density at radius 2 is 2.06 bits per heavy atom. The summed E-state index contributed by atoms with van der Waals surface area (Å²) in [4.78, 5) is 0. The van der Waals surface area contributed by atoms with Crippen LogP contribution in [0.4, 0.5) is 0 Å². The Hall–Kier alpha value is -0.810. The maximum absolute atomic E-state index is 11.5. The molecule has 0 spiro atoms. The number of benzene rings is 1. The number of halogens is 1. The lowest BCUT2D eigenvalue weighted by Gasteiger charge is -2.05. The molecule has 0 fully saturated rings. The maximum Gasteiger partial charge on any atom is 0.151 e. The molecule has 2 rings (SSSR count). The molecule has 0 radical (unpaired) electrons. The Morgan fingerprint density at radius 1 is 1.29 bits per heavy atom. The lowest BCUT2D eigenvalue weighted by Crippen LogP contribution is -2.14. The quantitative estimate of drug-likeness (QED) is 0.870. The van der Waals surface area contributed by atoms with Crippen LogP contribution < -0.4 is 0 Å². The van der Waals surface area contributed by atoms with Crippen LogP contribution in [0.25, 0.3) is 10.9 Å². The highest BCUT2D eigenvalue weighted by Gasteiger charge is 2.08. The highest BCUT2D eigenvalue weighted by molar-refractivity contribution is 9.10. The van der Waals surface area contributed by atoms with Crippen LogP contribution in [0.15, 0.2) is 34.9 Å². The second-order valence-corrected chi connectivity index (χ2v) is 7.34. The van der Waals surface area contributed by atoms with Crippen molar-refractivity contribution >= 4 is 36.7 Å². The first-order valence-corrected chi connectivity index (χ1v) is 8.08. The molecule has 17 heavy (non-hydrogen) atoms. The Kier molecular flexibility index (Phi) is 3.58. The van der Waals surface area contributed by atoms with Gasteiger partial charge in [-0.1, -0.05) is 22.9 Å². The molecule has 0 aliphatic carbocycles. The highest BCUT2D eigenvalue weighted by Crippen LogP contribution is 2.20. The number of fused-ring (bicyclic) bond motifs is 1. The van der Waals surface area contributed by atoms with Gasteiger partial charge in [0.25, 0.3) is 0 Å². The summed E-state index contributed by atoms with van der Waals surface area (Å²) in [6, 6.07) is 7.99. The van der Waals surface area contributed by atoms with Crippen LogP contribution in [0.5, 0.6) is 0 Å². The molecule has 1 aromatic heterocycles. The lowest BCUT2D eigenvalue weighted by atomic mass is 10.2. The first-order valence-electron chi connectivity index (χ1n) is 5.46. The zero-order valence-corrected chi connectivity index (χ0v) is 12.0. The van der Waals surface area contributed by atoms with Crippen molar-refractivity contribution in [3.8, 4) is 0 Å². The van der Waals surface area contributed by atoms with Crippen LogP contribution in [0, 0.1) is 0 Å². The predicted octanol–water partition coefficient (Wildman–Crippen LogP) is 2.84. The van der Waals surface area contributed by atoms with E-state index in [1.54, 1.807) is 6.92 Å². The number of aromatic nitrogens is 1. The van der Waals surface area contributed by atoms with E-state index in [0.717, 1.165) is 15.4 Å². The van der Waals surface area contributed by atoms with Crippen molar-refractivity contribution < 1.29 is 8.42 Å². The van der Waals surface area contributed by atoms with E-state index < -0.39 is 9.84 Å². The predicted molar refractivity (Wildman–Crippen MR) is 74.0 cm³/mol. The largest absolute Gasteiger partial charge is 0.346 e. The summed E-state index contributed by atoms with van der Waals surface area (Å²) in [5.74, 6) is 0.404. The van der Waals surface area contributed by atoms with Gasteiger partial charge in [-0.15, -0.1) is 0 Å². The average molecular weight is 316 g/mol. The Bertz CT molecular complexity index is 631.